The van der Waals surface area contributed by atoms with Crippen molar-refractivity contribution < 1.29 is 18.8 Å². The fourth-order valence-electron chi connectivity index (χ4n) is 4.57. The Labute approximate surface area is 235 Å². The number of ether oxygens (including phenoxy) is 2. The Morgan fingerprint density at radius 3 is 2.65 bits per heavy atom. The van der Waals surface area contributed by atoms with Gasteiger partial charge in [0.15, 0.2) is 10.8 Å². The van der Waals surface area contributed by atoms with Crippen molar-refractivity contribution in [3.8, 4) is 17.0 Å². The predicted molar refractivity (Wildman–Crippen MR) is 157 cm³/mol. The quantitative estimate of drug-likeness (QED) is 0.257. The number of urea groups is 1. The number of anilines is 2. The molecule has 11 heteroatoms. The van der Waals surface area contributed by atoms with E-state index in [-0.39, 0.29) is 5.41 Å². The number of aromatic nitrogens is 3. The number of imidazole rings is 1. The van der Waals surface area contributed by atoms with Crippen LogP contribution in [0.3, 0.4) is 0 Å². The molecular weight excluding hydrogens is 528 g/mol. The molecule has 1 fully saturated rings. The van der Waals surface area contributed by atoms with Gasteiger partial charge in [-0.25, -0.2) is 9.78 Å². The Hall–Kier alpha value is -3.93. The highest BCUT2D eigenvalue weighted by Crippen LogP contribution is 2.35. The Kier molecular flexibility index (Phi) is 7.18. The number of carbonyl (C=O) groups is 1. The highest BCUT2D eigenvalue weighted by atomic mass is 32.1. The van der Waals surface area contributed by atoms with Gasteiger partial charge in [-0.15, -0.1) is 0 Å². The summed E-state index contributed by atoms with van der Waals surface area (Å²) in [5, 5.41) is 9.47. The number of hydrogen-bond donors (Lipinski definition) is 2. The molecule has 1 aliphatic rings. The summed E-state index contributed by atoms with van der Waals surface area (Å²) in [5.41, 5.74) is 3.30. The largest absolute Gasteiger partial charge is 0.490 e. The Morgan fingerprint density at radius 2 is 1.90 bits per heavy atom. The summed E-state index contributed by atoms with van der Waals surface area (Å²) in [5.74, 6) is 1.92. The third kappa shape index (κ3) is 5.67. The summed E-state index contributed by atoms with van der Waals surface area (Å²) in [6.45, 7) is 11.0. The van der Waals surface area contributed by atoms with Gasteiger partial charge in [-0.05, 0) is 24.3 Å². The number of amides is 2. The van der Waals surface area contributed by atoms with Gasteiger partial charge in [0, 0.05) is 48.6 Å². The summed E-state index contributed by atoms with van der Waals surface area (Å²) in [7, 11) is 0. The predicted octanol–water partition coefficient (Wildman–Crippen LogP) is 5.86. The molecule has 1 aliphatic heterocycles. The van der Waals surface area contributed by atoms with Crippen LogP contribution in [-0.2, 0) is 10.2 Å². The fraction of sp³-hybridized carbons (Fsp3) is 0.345. The summed E-state index contributed by atoms with van der Waals surface area (Å²) in [6.07, 6.45) is 2.04. The topological polar surface area (TPSA) is 106 Å². The van der Waals surface area contributed by atoms with Crippen LogP contribution >= 0.6 is 11.3 Å². The van der Waals surface area contributed by atoms with Crippen LogP contribution < -0.4 is 15.4 Å². The van der Waals surface area contributed by atoms with Crippen LogP contribution in [0.4, 0.5) is 16.3 Å². The maximum Gasteiger partial charge on any atom is 0.324 e. The van der Waals surface area contributed by atoms with Crippen molar-refractivity contribution in [1.29, 1.82) is 0 Å². The molecule has 2 aromatic carbocycles. The van der Waals surface area contributed by atoms with E-state index in [9.17, 15) is 4.79 Å². The molecule has 6 rings (SSSR count). The molecule has 40 heavy (non-hydrogen) atoms. The number of nitrogens with one attached hydrogen (secondary N) is 2. The first-order chi connectivity index (χ1) is 19.3. The first kappa shape index (κ1) is 26.3. The molecule has 0 atom stereocenters. The minimum Gasteiger partial charge on any atom is -0.490 e. The zero-order valence-corrected chi connectivity index (χ0v) is 23.6. The van der Waals surface area contributed by atoms with Crippen molar-refractivity contribution in [2.24, 2.45) is 0 Å². The minimum absolute atomic E-state index is 0.190. The van der Waals surface area contributed by atoms with Gasteiger partial charge >= 0.3 is 6.03 Å². The second-order valence-corrected chi connectivity index (χ2v) is 11.8. The van der Waals surface area contributed by atoms with E-state index in [4.69, 9.17) is 19.0 Å². The van der Waals surface area contributed by atoms with Crippen LogP contribution in [0.1, 0.15) is 26.5 Å². The lowest BCUT2D eigenvalue weighted by Gasteiger charge is -2.26. The summed E-state index contributed by atoms with van der Waals surface area (Å²) >= 11 is 1.63. The van der Waals surface area contributed by atoms with Gasteiger partial charge in [-0.3, -0.25) is 14.6 Å². The molecule has 0 radical (unpaired) electrons. The van der Waals surface area contributed by atoms with Gasteiger partial charge in [-0.1, -0.05) is 55.5 Å². The molecule has 0 bridgehead atoms. The van der Waals surface area contributed by atoms with Crippen molar-refractivity contribution in [1.82, 2.24) is 19.4 Å². The van der Waals surface area contributed by atoms with Gasteiger partial charge in [0.25, 0.3) is 0 Å². The number of benzene rings is 2. The van der Waals surface area contributed by atoms with E-state index >= 15 is 0 Å². The lowest BCUT2D eigenvalue weighted by atomic mass is 9.93. The molecule has 0 aliphatic carbocycles. The fourth-order valence-corrected chi connectivity index (χ4v) is 5.60. The van der Waals surface area contributed by atoms with Gasteiger partial charge < -0.3 is 19.3 Å². The van der Waals surface area contributed by atoms with Crippen LogP contribution in [0.2, 0.25) is 0 Å². The number of thiazole rings is 1. The van der Waals surface area contributed by atoms with Crippen molar-refractivity contribution in [3.63, 3.8) is 0 Å². The van der Waals surface area contributed by atoms with E-state index in [0.717, 1.165) is 65.0 Å². The van der Waals surface area contributed by atoms with Crippen LogP contribution in [0.15, 0.2) is 59.3 Å². The maximum absolute atomic E-state index is 12.5. The number of para-hydroxylation sites is 1. The smallest absolute Gasteiger partial charge is 0.324 e. The van der Waals surface area contributed by atoms with Crippen LogP contribution in [0.25, 0.3) is 26.4 Å². The van der Waals surface area contributed by atoms with E-state index in [0.29, 0.717) is 23.9 Å². The van der Waals surface area contributed by atoms with Crippen molar-refractivity contribution in [2.75, 3.05) is 50.1 Å². The zero-order chi connectivity index (χ0) is 27.7. The normalized spacial score (nSPS) is 14.6. The molecule has 1 saturated heterocycles. The van der Waals surface area contributed by atoms with Crippen molar-refractivity contribution in [3.05, 3.63) is 60.5 Å². The monoisotopic (exact) mass is 560 g/mol. The van der Waals surface area contributed by atoms with Gasteiger partial charge in [0.1, 0.15) is 23.6 Å². The van der Waals surface area contributed by atoms with Crippen molar-refractivity contribution >= 4 is 44.1 Å². The molecular formula is C29H32N6O4S. The Balaban J connectivity index is 1.13. The molecule has 4 heterocycles. The van der Waals surface area contributed by atoms with E-state index in [1.54, 1.807) is 17.4 Å². The number of rotatable bonds is 7. The van der Waals surface area contributed by atoms with E-state index in [1.165, 1.54) is 0 Å². The Bertz CT molecular complexity index is 1630. The van der Waals surface area contributed by atoms with Crippen LogP contribution in [-0.4, -0.2) is 64.9 Å². The third-order valence-electron chi connectivity index (χ3n) is 6.78. The van der Waals surface area contributed by atoms with Crippen LogP contribution in [0.5, 0.6) is 5.75 Å². The highest BCUT2D eigenvalue weighted by molar-refractivity contribution is 7.23. The highest BCUT2D eigenvalue weighted by Gasteiger charge is 2.20. The molecule has 0 unspecified atom stereocenters. The second-order valence-electron chi connectivity index (χ2n) is 10.8. The minimum atomic E-state index is -0.392. The van der Waals surface area contributed by atoms with Crippen LogP contribution in [0, 0.1) is 0 Å². The SMILES string of the molecule is CC(C)(C)c1cc(NC(=O)Nc2ccc(-c3cn4c(n3)sc3cccc(OCCN5CCOCC5)c34)cc2)no1. The maximum atomic E-state index is 12.5. The number of fused-ring (bicyclic) bond motifs is 3. The molecule has 10 nitrogen and oxygen atoms in total. The van der Waals surface area contributed by atoms with E-state index in [1.807, 2.05) is 63.4 Å². The molecule has 3 aromatic heterocycles. The van der Waals surface area contributed by atoms with Crippen molar-refractivity contribution in [2.45, 2.75) is 26.2 Å². The molecule has 5 aromatic rings. The summed E-state index contributed by atoms with van der Waals surface area (Å²) in [6, 6.07) is 15.1. The lowest BCUT2D eigenvalue weighted by Crippen LogP contribution is -2.38. The Morgan fingerprint density at radius 1 is 1.10 bits per heavy atom. The molecule has 0 saturated carbocycles. The average molecular weight is 561 g/mol. The zero-order valence-electron chi connectivity index (χ0n) is 22.8. The number of morpholine rings is 1. The summed E-state index contributed by atoms with van der Waals surface area (Å²) < 4.78 is 20.2. The lowest BCUT2D eigenvalue weighted by molar-refractivity contribution is 0.0323. The molecule has 208 valence electrons. The summed E-state index contributed by atoms with van der Waals surface area (Å²) in [4.78, 5) is 20.6. The molecule has 2 amide bonds. The molecule has 0 spiro atoms. The first-order valence-electron chi connectivity index (χ1n) is 13.3. The van der Waals surface area contributed by atoms with Gasteiger partial charge in [-0.2, -0.15) is 0 Å². The second kappa shape index (κ2) is 10.9. The van der Waals surface area contributed by atoms with Gasteiger partial charge in [0.05, 0.1) is 23.6 Å². The standard InChI is InChI=1S/C29H32N6O4S/c1-29(2,3)24-17-25(33-39-24)32-27(36)30-20-9-7-19(8-10-20)21-18-35-26-22(5-4-6-23(26)40-28(35)31-21)38-16-13-34-11-14-37-15-12-34/h4-10,17-18H,11-16H2,1-3H3,(H2,30,32,33,36). The molecule has 2 N–H and O–H groups in total. The number of hydrogen-bond acceptors (Lipinski definition) is 8. The average Bonchev–Trinajstić information content (AvgIpc) is 3.65. The first-order valence-corrected chi connectivity index (χ1v) is 14.1. The van der Waals surface area contributed by atoms with E-state index in [2.05, 4.69) is 31.2 Å². The van der Waals surface area contributed by atoms with Gasteiger partial charge in [0.2, 0.25) is 0 Å². The third-order valence-corrected chi connectivity index (χ3v) is 7.80. The van der Waals surface area contributed by atoms with E-state index < -0.39 is 6.03 Å². The number of nitrogens with zero attached hydrogens (tertiary/aromatic N) is 4. The number of carbonyl (C=O) groups excluding carboxylic acids is 1.